The van der Waals surface area contributed by atoms with Gasteiger partial charge in [-0.15, -0.1) is 12.4 Å². The number of nitrogens with one attached hydrogen (secondary N) is 1. The summed E-state index contributed by atoms with van der Waals surface area (Å²) in [6.07, 6.45) is 2.04. The van der Waals surface area contributed by atoms with Crippen molar-refractivity contribution >= 4 is 34.2 Å². The highest BCUT2D eigenvalue weighted by molar-refractivity contribution is 9.10. The molecule has 1 amide bonds. The van der Waals surface area contributed by atoms with Crippen LogP contribution in [-0.2, 0) is 0 Å². The number of carbonyl (C=O) groups excluding carboxylic acids is 1. The number of carbonyl (C=O) groups is 1. The number of hydrogen-bond donors (Lipinski definition) is 2. The molecule has 3 N–H and O–H groups in total. The molecule has 0 saturated heterocycles. The lowest BCUT2D eigenvalue weighted by atomic mass is 9.95. The van der Waals surface area contributed by atoms with Gasteiger partial charge in [-0.3, -0.25) is 4.79 Å². The van der Waals surface area contributed by atoms with E-state index in [2.05, 4.69) is 21.2 Å². The predicted octanol–water partition coefficient (Wildman–Crippen LogP) is 3.01. The molecule has 1 saturated carbocycles. The fraction of sp³-hybridized carbons (Fsp3) is 0.462. The fourth-order valence-corrected chi connectivity index (χ4v) is 2.56. The van der Waals surface area contributed by atoms with E-state index in [4.69, 9.17) is 5.73 Å². The van der Waals surface area contributed by atoms with E-state index in [9.17, 15) is 13.6 Å². The SMILES string of the molecule is CC(CN)(NC(=O)c1cc(F)c(F)cc1Br)C1CC1.Cl. The van der Waals surface area contributed by atoms with Crippen LogP contribution in [-0.4, -0.2) is 18.0 Å². The number of rotatable bonds is 4. The van der Waals surface area contributed by atoms with Gasteiger partial charge in [-0.2, -0.15) is 0 Å². The third-order valence-electron chi connectivity index (χ3n) is 3.56. The first-order chi connectivity index (χ1) is 8.87. The molecule has 0 aliphatic heterocycles. The van der Waals surface area contributed by atoms with Crippen LogP contribution in [0.2, 0.25) is 0 Å². The molecule has 3 nitrogen and oxygen atoms in total. The van der Waals surface area contributed by atoms with Crippen LogP contribution in [0.4, 0.5) is 8.78 Å². The summed E-state index contributed by atoms with van der Waals surface area (Å²) in [4.78, 5) is 12.1. The molecule has 1 fully saturated rings. The average Bonchev–Trinajstić information content (AvgIpc) is 3.17. The van der Waals surface area contributed by atoms with Crippen molar-refractivity contribution in [2.24, 2.45) is 11.7 Å². The van der Waals surface area contributed by atoms with E-state index >= 15 is 0 Å². The standard InChI is InChI=1S/C13H15BrF2N2O.ClH/c1-13(6-17,7-2-3-7)18-12(19)8-4-10(15)11(16)5-9(8)14;/h4-5,7H,2-3,6,17H2,1H3,(H,18,19);1H. The van der Waals surface area contributed by atoms with Gasteiger partial charge in [0.2, 0.25) is 0 Å². The molecule has 0 spiro atoms. The second-order valence-corrected chi connectivity index (χ2v) is 5.95. The number of halogens is 4. The molecule has 1 aromatic rings. The predicted molar refractivity (Wildman–Crippen MR) is 79.0 cm³/mol. The summed E-state index contributed by atoms with van der Waals surface area (Å²) >= 11 is 3.07. The zero-order valence-electron chi connectivity index (χ0n) is 10.9. The molecule has 2 rings (SSSR count). The summed E-state index contributed by atoms with van der Waals surface area (Å²) in [7, 11) is 0. The van der Waals surface area contributed by atoms with Crippen LogP contribution in [0.15, 0.2) is 16.6 Å². The fourth-order valence-electron chi connectivity index (χ4n) is 2.06. The van der Waals surface area contributed by atoms with E-state index in [0.717, 1.165) is 25.0 Å². The summed E-state index contributed by atoms with van der Waals surface area (Å²) in [5.74, 6) is -2.14. The lowest BCUT2D eigenvalue weighted by Gasteiger charge is -2.29. The third kappa shape index (κ3) is 3.48. The number of nitrogens with two attached hydrogens (primary N) is 1. The largest absolute Gasteiger partial charge is 0.345 e. The van der Waals surface area contributed by atoms with Crippen molar-refractivity contribution in [1.82, 2.24) is 5.32 Å². The van der Waals surface area contributed by atoms with Crippen molar-refractivity contribution in [3.63, 3.8) is 0 Å². The lowest BCUT2D eigenvalue weighted by Crippen LogP contribution is -2.53. The molecule has 7 heteroatoms. The average molecular weight is 370 g/mol. The van der Waals surface area contributed by atoms with Crippen molar-refractivity contribution in [3.8, 4) is 0 Å². The van der Waals surface area contributed by atoms with Gasteiger partial charge in [0.05, 0.1) is 11.1 Å². The van der Waals surface area contributed by atoms with Crippen LogP contribution in [0, 0.1) is 17.6 Å². The molecule has 1 aliphatic rings. The molecule has 0 radical (unpaired) electrons. The van der Waals surface area contributed by atoms with Gasteiger partial charge < -0.3 is 11.1 Å². The van der Waals surface area contributed by atoms with Gasteiger partial charge in [0.15, 0.2) is 11.6 Å². The Bertz CT molecular complexity index is 525. The Balaban J connectivity index is 0.00000200. The summed E-state index contributed by atoms with van der Waals surface area (Å²) < 4.78 is 26.4. The molecular weight excluding hydrogens is 354 g/mol. The van der Waals surface area contributed by atoms with Crippen LogP contribution in [0.25, 0.3) is 0 Å². The number of hydrogen-bond acceptors (Lipinski definition) is 2. The van der Waals surface area contributed by atoms with Crippen molar-refractivity contribution in [2.75, 3.05) is 6.54 Å². The highest BCUT2D eigenvalue weighted by Crippen LogP contribution is 2.39. The van der Waals surface area contributed by atoms with Gasteiger partial charge in [0.1, 0.15) is 0 Å². The van der Waals surface area contributed by atoms with Crippen LogP contribution in [0.5, 0.6) is 0 Å². The Morgan fingerprint density at radius 2 is 2.00 bits per heavy atom. The quantitative estimate of drug-likeness (QED) is 0.802. The number of amides is 1. The maximum Gasteiger partial charge on any atom is 0.253 e. The van der Waals surface area contributed by atoms with E-state index in [1.54, 1.807) is 0 Å². The highest BCUT2D eigenvalue weighted by atomic mass is 79.9. The summed E-state index contributed by atoms with van der Waals surface area (Å²) in [5.41, 5.74) is 5.28. The monoisotopic (exact) mass is 368 g/mol. The summed E-state index contributed by atoms with van der Waals surface area (Å²) in [6, 6.07) is 1.83. The smallest absolute Gasteiger partial charge is 0.253 e. The molecule has 1 aliphatic carbocycles. The molecule has 0 bridgehead atoms. The van der Waals surface area contributed by atoms with Crippen molar-refractivity contribution in [2.45, 2.75) is 25.3 Å². The van der Waals surface area contributed by atoms with Gasteiger partial charge in [-0.05, 0) is 53.7 Å². The topological polar surface area (TPSA) is 55.1 Å². The first-order valence-corrected chi connectivity index (χ1v) is 6.84. The maximum atomic E-state index is 13.2. The van der Waals surface area contributed by atoms with E-state index in [-0.39, 0.29) is 22.4 Å². The second-order valence-electron chi connectivity index (χ2n) is 5.10. The van der Waals surface area contributed by atoms with Crippen LogP contribution < -0.4 is 11.1 Å². The third-order valence-corrected chi connectivity index (χ3v) is 4.21. The molecular formula is C13H16BrClF2N2O. The molecule has 0 heterocycles. The first kappa shape index (κ1) is 17.3. The molecule has 1 aromatic carbocycles. The lowest BCUT2D eigenvalue weighted by molar-refractivity contribution is 0.0896. The second kappa shape index (κ2) is 6.37. The maximum absolute atomic E-state index is 13.2. The van der Waals surface area contributed by atoms with E-state index in [1.807, 2.05) is 6.92 Å². The Morgan fingerprint density at radius 3 is 2.50 bits per heavy atom. The van der Waals surface area contributed by atoms with Crippen molar-refractivity contribution < 1.29 is 13.6 Å². The molecule has 0 aromatic heterocycles. The summed E-state index contributed by atoms with van der Waals surface area (Å²) in [5, 5.41) is 2.83. The minimum atomic E-state index is -1.05. The Morgan fingerprint density at radius 1 is 1.45 bits per heavy atom. The van der Waals surface area contributed by atoms with Gasteiger partial charge in [0.25, 0.3) is 5.91 Å². The summed E-state index contributed by atoms with van der Waals surface area (Å²) in [6.45, 7) is 2.18. The van der Waals surface area contributed by atoms with Crippen molar-refractivity contribution in [3.05, 3.63) is 33.8 Å². The van der Waals surface area contributed by atoms with E-state index < -0.39 is 23.1 Å². The normalized spacial score (nSPS) is 17.1. The first-order valence-electron chi connectivity index (χ1n) is 6.04. The van der Waals surface area contributed by atoms with Gasteiger partial charge >= 0.3 is 0 Å². The highest BCUT2D eigenvalue weighted by Gasteiger charge is 2.41. The minimum Gasteiger partial charge on any atom is -0.345 e. The van der Waals surface area contributed by atoms with Gasteiger partial charge in [-0.25, -0.2) is 8.78 Å². The molecule has 1 atom stereocenters. The number of benzene rings is 1. The Labute approximate surface area is 130 Å². The van der Waals surface area contributed by atoms with Gasteiger partial charge in [-0.1, -0.05) is 0 Å². The van der Waals surface area contributed by atoms with Crippen LogP contribution in [0.1, 0.15) is 30.1 Å². The van der Waals surface area contributed by atoms with E-state index in [1.165, 1.54) is 0 Å². The molecule has 20 heavy (non-hydrogen) atoms. The zero-order valence-corrected chi connectivity index (χ0v) is 13.3. The molecule has 112 valence electrons. The zero-order chi connectivity index (χ0) is 14.2. The van der Waals surface area contributed by atoms with Crippen LogP contribution >= 0.6 is 28.3 Å². The van der Waals surface area contributed by atoms with E-state index in [0.29, 0.717) is 12.5 Å². The Kier molecular flexibility index (Phi) is 5.52. The Hall–Kier alpha value is -0.720. The van der Waals surface area contributed by atoms with Crippen LogP contribution in [0.3, 0.4) is 0 Å². The van der Waals surface area contributed by atoms with Gasteiger partial charge in [0, 0.05) is 11.0 Å². The van der Waals surface area contributed by atoms with Crippen molar-refractivity contribution in [1.29, 1.82) is 0 Å². The molecule has 1 unspecified atom stereocenters. The minimum absolute atomic E-state index is 0.